The van der Waals surface area contributed by atoms with Gasteiger partial charge in [-0.05, 0) is 67.8 Å². The van der Waals surface area contributed by atoms with E-state index in [0.29, 0.717) is 11.5 Å². The summed E-state index contributed by atoms with van der Waals surface area (Å²) in [7, 11) is 1.31. The number of piperidine rings is 1. The molecule has 1 aliphatic heterocycles. The minimum absolute atomic E-state index is 0.0756. The zero-order valence-corrected chi connectivity index (χ0v) is 16.1. The van der Waals surface area contributed by atoms with Crippen LogP contribution < -0.4 is 10.1 Å². The van der Waals surface area contributed by atoms with E-state index in [-0.39, 0.29) is 11.7 Å². The third-order valence-corrected chi connectivity index (χ3v) is 6.45. The Morgan fingerprint density at radius 1 is 1.04 bits per heavy atom. The third-order valence-electron chi connectivity index (χ3n) is 6.45. The van der Waals surface area contributed by atoms with Gasteiger partial charge < -0.3 is 10.1 Å². The molecule has 5 heteroatoms. The van der Waals surface area contributed by atoms with Crippen molar-refractivity contribution < 1.29 is 17.9 Å². The lowest BCUT2D eigenvalue weighted by Gasteiger charge is -2.30. The number of ether oxygens (including phenoxy) is 1. The molecule has 2 aromatic rings. The summed E-state index contributed by atoms with van der Waals surface area (Å²) in [6.07, 6.45) is -0.836. The maximum atomic E-state index is 14.1. The van der Waals surface area contributed by atoms with Gasteiger partial charge in [-0.2, -0.15) is 13.2 Å². The lowest BCUT2D eigenvalue weighted by Crippen LogP contribution is -2.31. The highest BCUT2D eigenvalue weighted by Gasteiger charge is 2.59. The van der Waals surface area contributed by atoms with Crippen LogP contribution in [0.2, 0.25) is 0 Å². The van der Waals surface area contributed by atoms with Crippen LogP contribution >= 0.6 is 0 Å². The number of halogens is 3. The first kappa shape index (κ1) is 19.3. The van der Waals surface area contributed by atoms with Gasteiger partial charge in [0, 0.05) is 5.41 Å². The molecule has 0 spiro atoms. The molecule has 1 N–H and O–H groups in total. The fourth-order valence-electron chi connectivity index (χ4n) is 5.07. The monoisotopic (exact) mass is 389 g/mol. The molecule has 1 saturated heterocycles. The minimum atomic E-state index is -4.44. The molecular weight excluding hydrogens is 363 g/mol. The molecule has 4 rings (SSSR count). The number of rotatable bonds is 5. The van der Waals surface area contributed by atoms with Crippen LogP contribution in [0.5, 0.6) is 5.75 Å². The van der Waals surface area contributed by atoms with Crippen molar-refractivity contribution in [3.63, 3.8) is 0 Å². The standard InChI is InChI=1S/C23H26F3NO/c1-28-20-9-5-8-18(21(20)23(24,25)26)22(14-16-10-12-27-13-11-16)15-19(22)17-6-3-2-4-7-17/h2-9,16,19,27H,10-15H2,1H3. The van der Waals surface area contributed by atoms with E-state index >= 15 is 0 Å². The molecule has 2 nitrogen and oxygen atoms in total. The molecule has 0 amide bonds. The highest BCUT2D eigenvalue weighted by Crippen LogP contribution is 2.66. The number of hydrogen-bond acceptors (Lipinski definition) is 2. The lowest BCUT2D eigenvalue weighted by molar-refractivity contribution is -0.139. The van der Waals surface area contributed by atoms with Gasteiger partial charge in [0.25, 0.3) is 0 Å². The van der Waals surface area contributed by atoms with Crippen LogP contribution in [0, 0.1) is 5.92 Å². The second-order valence-electron chi connectivity index (χ2n) is 8.10. The Hall–Kier alpha value is -2.01. The van der Waals surface area contributed by atoms with Gasteiger partial charge in [-0.1, -0.05) is 42.5 Å². The molecule has 150 valence electrons. The van der Waals surface area contributed by atoms with Crippen LogP contribution in [-0.4, -0.2) is 20.2 Å². The van der Waals surface area contributed by atoms with Crippen LogP contribution in [0.3, 0.4) is 0 Å². The van der Waals surface area contributed by atoms with Crippen LogP contribution in [0.1, 0.15) is 48.3 Å². The van der Waals surface area contributed by atoms with Crippen LogP contribution in [0.25, 0.3) is 0 Å². The Bertz CT molecular complexity index is 814. The molecule has 1 heterocycles. The van der Waals surface area contributed by atoms with Crippen LogP contribution in [0.15, 0.2) is 48.5 Å². The molecule has 2 aliphatic rings. The van der Waals surface area contributed by atoms with Gasteiger partial charge in [-0.25, -0.2) is 0 Å². The summed E-state index contributed by atoms with van der Waals surface area (Å²) in [5.74, 6) is 0.493. The van der Waals surface area contributed by atoms with Crippen LogP contribution in [-0.2, 0) is 11.6 Å². The second kappa shape index (κ2) is 7.43. The first-order valence-electron chi connectivity index (χ1n) is 9.96. The number of alkyl halides is 3. The molecule has 2 atom stereocenters. The zero-order valence-electron chi connectivity index (χ0n) is 16.1. The van der Waals surface area contributed by atoms with Crippen molar-refractivity contribution in [1.29, 1.82) is 0 Å². The van der Waals surface area contributed by atoms with E-state index in [1.54, 1.807) is 12.1 Å². The van der Waals surface area contributed by atoms with Crippen molar-refractivity contribution in [2.24, 2.45) is 5.92 Å². The smallest absolute Gasteiger partial charge is 0.420 e. The number of benzene rings is 2. The van der Waals surface area contributed by atoms with Crippen molar-refractivity contribution >= 4 is 0 Å². The van der Waals surface area contributed by atoms with Crippen molar-refractivity contribution in [3.05, 3.63) is 65.2 Å². The highest BCUT2D eigenvalue weighted by molar-refractivity contribution is 5.52. The molecule has 2 fully saturated rings. The second-order valence-corrected chi connectivity index (χ2v) is 8.10. The van der Waals surface area contributed by atoms with Gasteiger partial charge in [0.2, 0.25) is 0 Å². The molecule has 0 radical (unpaired) electrons. The summed E-state index contributed by atoms with van der Waals surface area (Å²) in [5, 5.41) is 3.36. The molecular formula is C23H26F3NO. The van der Waals surface area contributed by atoms with E-state index in [0.717, 1.165) is 44.3 Å². The Kier molecular flexibility index (Phi) is 5.13. The molecule has 1 saturated carbocycles. The van der Waals surface area contributed by atoms with Gasteiger partial charge >= 0.3 is 6.18 Å². The molecule has 0 bridgehead atoms. The van der Waals surface area contributed by atoms with E-state index in [1.807, 2.05) is 30.3 Å². The average molecular weight is 389 g/mol. The molecule has 28 heavy (non-hydrogen) atoms. The van der Waals surface area contributed by atoms with Gasteiger partial charge in [-0.15, -0.1) is 0 Å². The quantitative estimate of drug-likeness (QED) is 0.726. The Morgan fingerprint density at radius 2 is 1.75 bits per heavy atom. The maximum Gasteiger partial charge on any atom is 0.420 e. The topological polar surface area (TPSA) is 21.3 Å². The molecule has 2 unspecified atom stereocenters. The number of methoxy groups -OCH3 is 1. The van der Waals surface area contributed by atoms with Crippen molar-refractivity contribution in [2.75, 3.05) is 20.2 Å². The fraction of sp³-hybridized carbons (Fsp3) is 0.478. The van der Waals surface area contributed by atoms with Crippen molar-refractivity contribution in [1.82, 2.24) is 5.32 Å². The largest absolute Gasteiger partial charge is 0.496 e. The summed E-state index contributed by atoms with van der Waals surface area (Å²) in [6, 6.07) is 14.8. The van der Waals surface area contributed by atoms with E-state index in [9.17, 15) is 13.2 Å². The Balaban J connectivity index is 1.79. The third kappa shape index (κ3) is 3.52. The van der Waals surface area contributed by atoms with Crippen molar-refractivity contribution in [3.8, 4) is 5.75 Å². The summed E-state index contributed by atoms with van der Waals surface area (Å²) < 4.78 is 47.4. The van der Waals surface area contributed by atoms with E-state index < -0.39 is 17.2 Å². The van der Waals surface area contributed by atoms with E-state index in [4.69, 9.17) is 4.74 Å². The van der Waals surface area contributed by atoms with E-state index in [2.05, 4.69) is 5.32 Å². The zero-order chi connectivity index (χ0) is 19.8. The molecule has 1 aliphatic carbocycles. The Morgan fingerprint density at radius 3 is 2.39 bits per heavy atom. The summed E-state index contributed by atoms with van der Waals surface area (Å²) >= 11 is 0. The van der Waals surface area contributed by atoms with Gasteiger partial charge in [0.1, 0.15) is 11.3 Å². The highest BCUT2D eigenvalue weighted by atomic mass is 19.4. The van der Waals surface area contributed by atoms with Gasteiger partial charge in [-0.3, -0.25) is 0 Å². The van der Waals surface area contributed by atoms with Crippen LogP contribution in [0.4, 0.5) is 13.2 Å². The first-order chi connectivity index (χ1) is 13.5. The molecule has 2 aromatic carbocycles. The SMILES string of the molecule is COc1cccc(C2(CC3CCNCC3)CC2c2ccccc2)c1C(F)(F)F. The predicted octanol–water partition coefficient (Wildman–Crippen LogP) is 5.53. The first-order valence-corrected chi connectivity index (χ1v) is 9.96. The molecule has 0 aromatic heterocycles. The van der Waals surface area contributed by atoms with Gasteiger partial charge in [0.05, 0.1) is 7.11 Å². The predicted molar refractivity (Wildman–Crippen MR) is 104 cm³/mol. The van der Waals surface area contributed by atoms with E-state index in [1.165, 1.54) is 13.2 Å². The number of hydrogen-bond donors (Lipinski definition) is 1. The summed E-state index contributed by atoms with van der Waals surface area (Å²) in [6.45, 7) is 1.89. The summed E-state index contributed by atoms with van der Waals surface area (Å²) in [4.78, 5) is 0. The minimum Gasteiger partial charge on any atom is -0.496 e. The normalized spacial score (nSPS) is 25.5. The van der Waals surface area contributed by atoms with Crippen molar-refractivity contribution in [2.45, 2.75) is 43.2 Å². The average Bonchev–Trinajstić information content (AvgIpc) is 3.43. The number of nitrogens with one attached hydrogen (secondary N) is 1. The summed E-state index contributed by atoms with van der Waals surface area (Å²) in [5.41, 5.74) is 0.479. The fourth-order valence-corrected chi connectivity index (χ4v) is 5.07. The van der Waals surface area contributed by atoms with Gasteiger partial charge in [0.15, 0.2) is 0 Å². The maximum absolute atomic E-state index is 14.1. The Labute approximate surface area is 164 Å². The lowest BCUT2D eigenvalue weighted by atomic mass is 9.77.